The molecule has 2 aliphatic rings. The Morgan fingerprint density at radius 1 is 1.33 bits per heavy atom. The average Bonchev–Trinajstić information content (AvgIpc) is 2.96. The topological polar surface area (TPSA) is 65.0 Å². The molecule has 1 aliphatic carbocycles. The van der Waals surface area contributed by atoms with Crippen LogP contribution < -0.4 is 14.2 Å². The first-order chi connectivity index (χ1) is 10.1. The maximum atomic E-state index is 12.0. The fourth-order valence-corrected chi connectivity index (χ4v) is 3.62. The summed E-state index contributed by atoms with van der Waals surface area (Å²) in [5.74, 6) is 0.455. The number of aliphatic carboxylic acids is 1. The quantitative estimate of drug-likeness (QED) is 0.927. The maximum Gasteiger partial charge on any atom is 0.314 e. The molecule has 1 aromatic rings. The Kier molecular flexibility index (Phi) is 3.61. The highest BCUT2D eigenvalue weighted by molar-refractivity contribution is 6.34. The fraction of sp³-hybridized carbons (Fsp3) is 0.533. The smallest absolute Gasteiger partial charge is 0.314 e. The van der Waals surface area contributed by atoms with Gasteiger partial charge in [-0.15, -0.1) is 0 Å². The van der Waals surface area contributed by atoms with E-state index in [1.807, 2.05) is 0 Å². The van der Waals surface area contributed by atoms with Gasteiger partial charge in [0, 0.05) is 5.56 Å². The van der Waals surface area contributed by atoms with Gasteiger partial charge in [0.15, 0.2) is 11.5 Å². The number of hydrogen-bond acceptors (Lipinski definition) is 4. The SMILES string of the molecule is COc1c(C2(C(=O)O)CCCCC2)cc2c(c1Cl)OCO2. The molecule has 1 N–H and O–H groups in total. The summed E-state index contributed by atoms with van der Waals surface area (Å²) in [7, 11) is 1.49. The van der Waals surface area contributed by atoms with Crippen molar-refractivity contribution in [1.82, 2.24) is 0 Å². The zero-order valence-electron chi connectivity index (χ0n) is 11.8. The Bertz CT molecular complexity index is 578. The van der Waals surface area contributed by atoms with Crippen LogP contribution >= 0.6 is 11.6 Å². The summed E-state index contributed by atoms with van der Waals surface area (Å²) in [5, 5.41) is 10.1. The van der Waals surface area contributed by atoms with Gasteiger partial charge >= 0.3 is 5.97 Å². The number of ether oxygens (including phenoxy) is 3. The third-order valence-corrected chi connectivity index (χ3v) is 4.74. The Labute approximate surface area is 127 Å². The van der Waals surface area contributed by atoms with Crippen molar-refractivity contribution in [2.45, 2.75) is 37.5 Å². The number of carboxylic acid groups (broad SMARTS) is 1. The van der Waals surface area contributed by atoms with Crippen molar-refractivity contribution >= 4 is 17.6 Å². The zero-order valence-corrected chi connectivity index (χ0v) is 12.5. The molecule has 1 aliphatic heterocycles. The van der Waals surface area contributed by atoms with E-state index in [1.165, 1.54) is 7.11 Å². The minimum atomic E-state index is -0.964. The zero-order chi connectivity index (χ0) is 15.0. The number of methoxy groups -OCH3 is 1. The lowest BCUT2D eigenvalue weighted by molar-refractivity contribution is -0.145. The van der Waals surface area contributed by atoms with E-state index in [4.69, 9.17) is 25.8 Å². The lowest BCUT2D eigenvalue weighted by Gasteiger charge is -2.34. The molecule has 0 atom stereocenters. The summed E-state index contributed by atoms with van der Waals surface area (Å²) >= 11 is 6.32. The summed E-state index contributed by atoms with van der Waals surface area (Å²) in [4.78, 5) is 12.0. The monoisotopic (exact) mass is 312 g/mol. The van der Waals surface area contributed by atoms with Gasteiger partial charge in [-0.05, 0) is 18.9 Å². The molecule has 1 fully saturated rings. The third kappa shape index (κ3) is 2.11. The van der Waals surface area contributed by atoms with Crippen LogP contribution in [0.3, 0.4) is 0 Å². The van der Waals surface area contributed by atoms with Crippen molar-refractivity contribution in [2.75, 3.05) is 13.9 Å². The molecule has 21 heavy (non-hydrogen) atoms. The summed E-state index contributed by atoms with van der Waals surface area (Å²) in [6.45, 7) is 0.0851. The van der Waals surface area contributed by atoms with Crippen LogP contribution in [0.1, 0.15) is 37.7 Å². The lowest BCUT2D eigenvalue weighted by Crippen LogP contribution is -2.38. The van der Waals surface area contributed by atoms with Gasteiger partial charge in [0.1, 0.15) is 10.8 Å². The highest BCUT2D eigenvalue weighted by Crippen LogP contribution is 2.52. The molecule has 1 saturated carbocycles. The van der Waals surface area contributed by atoms with Crippen molar-refractivity contribution < 1.29 is 24.1 Å². The first kappa shape index (κ1) is 14.3. The highest BCUT2D eigenvalue weighted by Gasteiger charge is 2.45. The van der Waals surface area contributed by atoms with E-state index >= 15 is 0 Å². The highest BCUT2D eigenvalue weighted by atomic mass is 35.5. The second-order valence-corrected chi connectivity index (χ2v) is 5.83. The van der Waals surface area contributed by atoms with Crippen LogP contribution in [0.5, 0.6) is 17.2 Å². The Hall–Kier alpha value is -1.62. The number of benzene rings is 1. The van der Waals surface area contributed by atoms with Crippen molar-refractivity contribution in [2.24, 2.45) is 0 Å². The number of hydrogen-bond donors (Lipinski definition) is 1. The number of fused-ring (bicyclic) bond motifs is 1. The number of carbonyl (C=O) groups is 1. The second kappa shape index (κ2) is 5.30. The molecule has 0 radical (unpaired) electrons. The predicted molar refractivity (Wildman–Crippen MR) is 76.5 cm³/mol. The Morgan fingerprint density at radius 2 is 2.05 bits per heavy atom. The van der Waals surface area contributed by atoms with Crippen LogP contribution in [0.15, 0.2) is 6.07 Å². The number of carboxylic acids is 1. The van der Waals surface area contributed by atoms with Gasteiger partial charge in [-0.2, -0.15) is 0 Å². The molecule has 1 aromatic carbocycles. The Morgan fingerprint density at radius 3 is 2.67 bits per heavy atom. The largest absolute Gasteiger partial charge is 0.495 e. The molecule has 0 bridgehead atoms. The fourth-order valence-electron chi connectivity index (χ4n) is 3.29. The van der Waals surface area contributed by atoms with Crippen LogP contribution in [0, 0.1) is 0 Å². The van der Waals surface area contributed by atoms with Crippen LogP contribution in [-0.4, -0.2) is 25.0 Å². The van der Waals surface area contributed by atoms with Crippen LogP contribution in [0.2, 0.25) is 5.02 Å². The molecule has 5 nitrogen and oxygen atoms in total. The van der Waals surface area contributed by atoms with E-state index in [2.05, 4.69) is 0 Å². The standard InChI is InChI=1S/C15H17ClO5/c1-19-12-9(7-10-13(11(12)16)21-8-20-10)15(14(17)18)5-3-2-4-6-15/h7H,2-6,8H2,1H3,(H,17,18). The van der Waals surface area contributed by atoms with Crippen molar-refractivity contribution in [3.05, 3.63) is 16.7 Å². The van der Waals surface area contributed by atoms with E-state index in [-0.39, 0.29) is 11.8 Å². The third-order valence-electron chi connectivity index (χ3n) is 4.40. The molecule has 3 rings (SSSR count). The summed E-state index contributed by atoms with van der Waals surface area (Å²) in [6.07, 6.45) is 3.96. The Balaban J connectivity index is 2.20. The molecule has 0 spiro atoms. The molecule has 114 valence electrons. The van der Waals surface area contributed by atoms with E-state index in [9.17, 15) is 9.90 Å². The predicted octanol–water partition coefficient (Wildman–Crippen LogP) is 3.36. The van der Waals surface area contributed by atoms with E-state index in [0.717, 1.165) is 19.3 Å². The van der Waals surface area contributed by atoms with Crippen LogP contribution in [0.4, 0.5) is 0 Å². The van der Waals surface area contributed by atoms with Crippen molar-refractivity contribution in [1.29, 1.82) is 0 Å². The normalized spacial score (nSPS) is 19.3. The summed E-state index contributed by atoms with van der Waals surface area (Å²) in [5.41, 5.74) is -0.375. The molecule has 6 heteroatoms. The molecule has 0 saturated heterocycles. The molecule has 0 amide bonds. The summed E-state index contributed by atoms with van der Waals surface area (Å²) < 4.78 is 16.1. The second-order valence-electron chi connectivity index (χ2n) is 5.45. The van der Waals surface area contributed by atoms with Gasteiger partial charge in [-0.1, -0.05) is 30.9 Å². The van der Waals surface area contributed by atoms with Gasteiger partial charge in [0.25, 0.3) is 0 Å². The van der Waals surface area contributed by atoms with Crippen LogP contribution in [0.25, 0.3) is 0 Å². The van der Waals surface area contributed by atoms with Crippen molar-refractivity contribution in [3.63, 3.8) is 0 Å². The maximum absolute atomic E-state index is 12.0. The van der Waals surface area contributed by atoms with Gasteiger partial charge in [-0.25, -0.2) is 0 Å². The minimum absolute atomic E-state index is 0.0851. The van der Waals surface area contributed by atoms with Gasteiger partial charge in [0.2, 0.25) is 6.79 Å². The molecular formula is C15H17ClO5. The first-order valence-electron chi connectivity index (χ1n) is 7.00. The van der Waals surface area contributed by atoms with E-state index in [0.29, 0.717) is 35.7 Å². The average molecular weight is 313 g/mol. The van der Waals surface area contributed by atoms with Crippen molar-refractivity contribution in [3.8, 4) is 17.2 Å². The lowest BCUT2D eigenvalue weighted by atomic mass is 9.69. The molecule has 0 aromatic heterocycles. The van der Waals surface area contributed by atoms with Gasteiger partial charge in [-0.3, -0.25) is 4.79 Å². The van der Waals surface area contributed by atoms with Gasteiger partial charge in [0.05, 0.1) is 12.5 Å². The summed E-state index contributed by atoms with van der Waals surface area (Å²) in [6, 6.07) is 1.71. The molecule has 0 unspecified atom stereocenters. The molecule has 1 heterocycles. The minimum Gasteiger partial charge on any atom is -0.495 e. The van der Waals surface area contributed by atoms with E-state index < -0.39 is 11.4 Å². The van der Waals surface area contributed by atoms with E-state index in [1.54, 1.807) is 6.07 Å². The number of rotatable bonds is 3. The number of halogens is 1. The molecular weight excluding hydrogens is 296 g/mol. The first-order valence-corrected chi connectivity index (χ1v) is 7.38. The van der Waals surface area contributed by atoms with Gasteiger partial charge < -0.3 is 19.3 Å². The van der Waals surface area contributed by atoms with Crippen LogP contribution in [-0.2, 0) is 10.2 Å².